The lowest BCUT2D eigenvalue weighted by Crippen LogP contribution is -2.54. The number of nitrogens with one attached hydrogen (secondary N) is 1. The molecule has 0 aromatic heterocycles. The second kappa shape index (κ2) is 14.6. The van der Waals surface area contributed by atoms with Crippen LogP contribution in [0.5, 0.6) is 11.5 Å². The smallest absolute Gasteiger partial charge is 0.335 e. The number of anilines is 2. The third kappa shape index (κ3) is 6.71. The van der Waals surface area contributed by atoms with Crippen molar-refractivity contribution in [1.29, 1.82) is 0 Å². The minimum atomic E-state index is -0.787. The quantitative estimate of drug-likeness (QED) is 0.125. The van der Waals surface area contributed by atoms with Gasteiger partial charge in [0.15, 0.2) is 11.5 Å². The van der Waals surface area contributed by atoms with Crippen LogP contribution in [0, 0.1) is 0 Å². The molecule has 0 radical (unpaired) electrons. The van der Waals surface area contributed by atoms with E-state index in [2.05, 4.69) is 50.4 Å². The van der Waals surface area contributed by atoms with Gasteiger partial charge in [0, 0.05) is 35.6 Å². The van der Waals surface area contributed by atoms with Crippen LogP contribution >= 0.6 is 27.5 Å². The fourth-order valence-corrected chi connectivity index (χ4v) is 8.43. The van der Waals surface area contributed by atoms with Crippen molar-refractivity contribution in [3.63, 3.8) is 0 Å². The average Bonchev–Trinajstić information content (AvgIpc) is 3.17. The highest BCUT2D eigenvalue weighted by Gasteiger charge is 2.40. The number of ether oxygens (including phenoxy) is 2. The summed E-state index contributed by atoms with van der Waals surface area (Å²) in [6.45, 7) is 2.09. The number of urea groups is 1. The third-order valence-corrected chi connectivity index (χ3v) is 11.1. The van der Waals surface area contributed by atoms with Gasteiger partial charge in [-0.05, 0) is 105 Å². The molecule has 1 saturated heterocycles. The zero-order valence-electron chi connectivity index (χ0n) is 28.9. The molecule has 266 valence electrons. The van der Waals surface area contributed by atoms with Gasteiger partial charge in [0.2, 0.25) is 0 Å². The minimum Gasteiger partial charge on any atom is -0.493 e. The average molecular weight is 789 g/mol. The highest BCUT2D eigenvalue weighted by atomic mass is 79.9. The highest BCUT2D eigenvalue weighted by Crippen LogP contribution is 2.50. The normalized spacial score (nSPS) is 18.8. The summed E-state index contributed by atoms with van der Waals surface area (Å²) in [7, 11) is 1.52. The Bertz CT molecular complexity index is 2190. The van der Waals surface area contributed by atoms with Crippen molar-refractivity contribution in [1.82, 2.24) is 5.32 Å². The maximum absolute atomic E-state index is 14.4. The van der Waals surface area contributed by atoms with E-state index < -0.39 is 17.8 Å². The molecule has 3 heterocycles. The van der Waals surface area contributed by atoms with Gasteiger partial charge in [0.05, 0.1) is 17.3 Å². The number of hydrogen-bond donors (Lipinski definition) is 1. The predicted octanol–water partition coefficient (Wildman–Crippen LogP) is 9.23. The fraction of sp³-hybridized carbons (Fsp3) is 0.186. The number of imide groups is 2. The number of carbonyl (C=O) groups excluding carboxylic acids is 3. The SMILES string of the molecule is COc1cc(/C=C2\C(=O)NC(=O)N(c3cc4c5c(c3)[C@H](c3ccccc3)CCN5CC[C@@H]4c3ccccc3)C2=O)cc(Br)c1OCc1ccc(Cl)cc1. The highest BCUT2D eigenvalue weighted by molar-refractivity contribution is 9.10. The maximum atomic E-state index is 14.4. The molecule has 0 aliphatic carbocycles. The monoisotopic (exact) mass is 787 g/mol. The summed E-state index contributed by atoms with van der Waals surface area (Å²) in [6, 6.07) is 34.6. The molecule has 0 saturated carbocycles. The van der Waals surface area contributed by atoms with Crippen molar-refractivity contribution in [2.75, 3.05) is 30.0 Å². The van der Waals surface area contributed by atoms with E-state index in [9.17, 15) is 14.4 Å². The van der Waals surface area contributed by atoms with Gasteiger partial charge in [0.1, 0.15) is 12.2 Å². The molecule has 2 atom stereocenters. The van der Waals surface area contributed by atoms with Crippen LogP contribution in [-0.4, -0.2) is 38.0 Å². The van der Waals surface area contributed by atoms with Crippen LogP contribution in [0.4, 0.5) is 16.2 Å². The van der Waals surface area contributed by atoms with Crippen molar-refractivity contribution in [2.45, 2.75) is 31.3 Å². The molecule has 8 nitrogen and oxygen atoms in total. The Morgan fingerprint density at radius 2 is 1.43 bits per heavy atom. The molecule has 3 aliphatic heterocycles. The number of barbiturate groups is 1. The van der Waals surface area contributed by atoms with E-state index in [1.54, 1.807) is 24.3 Å². The molecule has 3 aliphatic rings. The van der Waals surface area contributed by atoms with Crippen LogP contribution in [-0.2, 0) is 16.2 Å². The van der Waals surface area contributed by atoms with Gasteiger partial charge in [0.25, 0.3) is 11.8 Å². The lowest BCUT2D eigenvalue weighted by molar-refractivity contribution is -0.122. The molecular weight excluding hydrogens is 754 g/mol. The van der Waals surface area contributed by atoms with Gasteiger partial charge >= 0.3 is 6.03 Å². The van der Waals surface area contributed by atoms with E-state index in [1.165, 1.54) is 30.0 Å². The zero-order chi connectivity index (χ0) is 36.6. The number of nitrogens with zero attached hydrogens (tertiary/aromatic N) is 2. The standard InChI is InChI=1S/C43H35BrClN3O5/c1-52-38-22-27(21-37(44)40(38)53-25-26-12-14-30(45)15-13-26)20-36-41(49)46-43(51)48(42(36)50)31-23-34-32(28-8-4-2-5-9-28)16-18-47-19-17-33(35(24-31)39(34)47)29-10-6-3-7-11-29/h2-15,20-24,32-33H,16-19,25H2,1H3,(H,46,49,51)/b36-20+/t32-,33+. The number of amides is 4. The Morgan fingerprint density at radius 3 is 2.02 bits per heavy atom. The van der Waals surface area contributed by atoms with Crippen molar-refractivity contribution in [2.24, 2.45) is 0 Å². The summed E-state index contributed by atoms with van der Waals surface area (Å²) in [5.41, 5.74) is 7.33. The van der Waals surface area contributed by atoms with Crippen LogP contribution in [0.25, 0.3) is 6.08 Å². The summed E-state index contributed by atoms with van der Waals surface area (Å²) >= 11 is 9.61. The lowest BCUT2D eigenvalue weighted by Gasteiger charge is -2.44. The first-order valence-electron chi connectivity index (χ1n) is 17.5. The number of methoxy groups -OCH3 is 1. The Kier molecular flexibility index (Phi) is 9.53. The molecule has 5 aromatic carbocycles. The maximum Gasteiger partial charge on any atom is 0.335 e. The van der Waals surface area contributed by atoms with Gasteiger partial charge < -0.3 is 14.4 Å². The largest absolute Gasteiger partial charge is 0.493 e. The van der Waals surface area contributed by atoms with Crippen molar-refractivity contribution >= 4 is 62.8 Å². The van der Waals surface area contributed by atoms with Gasteiger partial charge in [-0.2, -0.15) is 0 Å². The van der Waals surface area contributed by atoms with Crippen molar-refractivity contribution < 1.29 is 23.9 Å². The van der Waals surface area contributed by atoms with E-state index in [-0.39, 0.29) is 24.0 Å². The van der Waals surface area contributed by atoms with Crippen LogP contribution in [0.3, 0.4) is 0 Å². The van der Waals surface area contributed by atoms with E-state index >= 15 is 0 Å². The molecule has 1 fully saturated rings. The Balaban J connectivity index is 1.18. The second-order valence-electron chi connectivity index (χ2n) is 13.4. The Labute approximate surface area is 321 Å². The van der Waals surface area contributed by atoms with Crippen LogP contribution in [0.1, 0.15) is 58.1 Å². The third-order valence-electron chi connectivity index (χ3n) is 10.2. The van der Waals surface area contributed by atoms with E-state index in [0.717, 1.165) is 47.5 Å². The number of rotatable bonds is 8. The first-order chi connectivity index (χ1) is 25.8. The molecule has 1 N–H and O–H groups in total. The number of carbonyl (C=O) groups is 3. The molecule has 0 bridgehead atoms. The summed E-state index contributed by atoms with van der Waals surface area (Å²) in [6.07, 6.45) is 3.27. The summed E-state index contributed by atoms with van der Waals surface area (Å²) < 4.78 is 12.3. The van der Waals surface area contributed by atoms with Crippen molar-refractivity contribution in [3.8, 4) is 11.5 Å². The fourth-order valence-electron chi connectivity index (χ4n) is 7.73. The van der Waals surface area contributed by atoms with Gasteiger partial charge in [-0.3, -0.25) is 14.9 Å². The van der Waals surface area contributed by atoms with Crippen molar-refractivity contribution in [3.05, 3.63) is 158 Å². The predicted molar refractivity (Wildman–Crippen MR) is 210 cm³/mol. The van der Waals surface area contributed by atoms with Gasteiger partial charge in [-0.25, -0.2) is 9.69 Å². The Hall–Kier alpha value is -5.38. The molecular formula is C43H35BrClN3O5. The first kappa shape index (κ1) is 34.7. The summed E-state index contributed by atoms with van der Waals surface area (Å²) in [5.74, 6) is -0.488. The van der Waals surface area contributed by atoms with Crippen LogP contribution < -0.4 is 24.6 Å². The molecule has 4 amide bonds. The van der Waals surface area contributed by atoms with E-state index in [0.29, 0.717) is 32.2 Å². The lowest BCUT2D eigenvalue weighted by atomic mass is 9.76. The van der Waals surface area contributed by atoms with E-state index in [4.69, 9.17) is 21.1 Å². The molecule has 10 heteroatoms. The summed E-state index contributed by atoms with van der Waals surface area (Å²) in [5, 5.41) is 3.05. The topological polar surface area (TPSA) is 88.2 Å². The number of halogens is 2. The first-order valence-corrected chi connectivity index (χ1v) is 18.6. The summed E-state index contributed by atoms with van der Waals surface area (Å²) in [4.78, 5) is 44.9. The van der Waals surface area contributed by atoms with Crippen LogP contribution in [0.2, 0.25) is 5.02 Å². The van der Waals surface area contributed by atoms with Crippen LogP contribution in [0.15, 0.2) is 119 Å². The zero-order valence-corrected chi connectivity index (χ0v) is 31.2. The second-order valence-corrected chi connectivity index (χ2v) is 14.7. The molecule has 5 aromatic rings. The van der Waals surface area contributed by atoms with Gasteiger partial charge in [-0.1, -0.05) is 84.4 Å². The minimum absolute atomic E-state index is 0.0699. The Morgan fingerprint density at radius 1 is 0.830 bits per heavy atom. The molecule has 0 spiro atoms. The number of hydrogen-bond acceptors (Lipinski definition) is 6. The number of benzene rings is 5. The molecule has 0 unspecified atom stereocenters. The van der Waals surface area contributed by atoms with E-state index in [1.807, 2.05) is 60.7 Å². The molecule has 8 rings (SSSR count). The molecule has 53 heavy (non-hydrogen) atoms. The van der Waals surface area contributed by atoms with Gasteiger partial charge in [-0.15, -0.1) is 0 Å².